The highest BCUT2D eigenvalue weighted by Crippen LogP contribution is 2.36. The van der Waals surface area contributed by atoms with E-state index in [0.29, 0.717) is 5.69 Å². The molecule has 1 aromatic rings. The highest BCUT2D eigenvalue weighted by atomic mass is 35.5. The van der Waals surface area contributed by atoms with Crippen molar-refractivity contribution in [1.82, 2.24) is 9.62 Å². The number of carbonyl (C=O) groups excluding carboxylic acids is 1. The van der Waals surface area contributed by atoms with E-state index in [4.69, 9.17) is 23.2 Å². The highest BCUT2D eigenvalue weighted by Gasteiger charge is 2.37. The third-order valence-electron chi connectivity index (χ3n) is 3.77. The van der Waals surface area contributed by atoms with Crippen molar-refractivity contribution in [3.63, 3.8) is 0 Å². The summed E-state index contributed by atoms with van der Waals surface area (Å²) in [4.78, 5) is 12.1. The Hall–Kier alpha value is -1.13. The molecule has 1 unspecified atom stereocenters. The maximum Gasteiger partial charge on any atom is 0.319 e. The Balaban J connectivity index is 2.12. The average Bonchev–Trinajstić information content (AvgIpc) is 2.92. The molecule has 3 N–H and O–H groups in total. The van der Waals surface area contributed by atoms with Crippen LogP contribution in [0.5, 0.6) is 0 Å². The lowest BCUT2D eigenvalue weighted by molar-refractivity contribution is 0.247. The van der Waals surface area contributed by atoms with Gasteiger partial charge in [-0.15, -0.1) is 11.8 Å². The number of sulfonamides is 1. The van der Waals surface area contributed by atoms with Crippen LogP contribution in [-0.2, 0) is 10.0 Å². The van der Waals surface area contributed by atoms with Crippen molar-refractivity contribution in [2.24, 2.45) is 0 Å². The number of hydrogen-bond donors (Lipinski definition) is 3. The lowest BCUT2D eigenvalue weighted by Gasteiger charge is -2.21. The van der Waals surface area contributed by atoms with Crippen molar-refractivity contribution in [3.05, 3.63) is 38.2 Å². The summed E-state index contributed by atoms with van der Waals surface area (Å²) in [7, 11) is -2.37. The number of urea groups is 1. The van der Waals surface area contributed by atoms with E-state index in [1.165, 1.54) is 11.4 Å². The van der Waals surface area contributed by atoms with Gasteiger partial charge in [0, 0.05) is 18.8 Å². The molecule has 0 aromatic heterocycles. The molecular weight excluding hydrogens is 421 g/mol. The van der Waals surface area contributed by atoms with Crippen molar-refractivity contribution >= 4 is 56.7 Å². The van der Waals surface area contributed by atoms with Gasteiger partial charge in [-0.3, -0.25) is 0 Å². The Labute approximate surface area is 166 Å². The Morgan fingerprint density at radius 3 is 2.65 bits per heavy atom. The van der Waals surface area contributed by atoms with Crippen molar-refractivity contribution in [1.29, 1.82) is 0 Å². The van der Waals surface area contributed by atoms with Crippen LogP contribution in [0.2, 0.25) is 10.0 Å². The lowest BCUT2D eigenvalue weighted by atomic mass is 10.3. The Kier molecular flexibility index (Phi) is 6.73. The zero-order chi connectivity index (χ0) is 19.6. The summed E-state index contributed by atoms with van der Waals surface area (Å²) in [6.45, 7) is 3.46. The van der Waals surface area contributed by atoms with Gasteiger partial charge in [0.25, 0.3) is 10.0 Å². The first-order chi connectivity index (χ1) is 12.1. The Bertz CT molecular complexity index is 843. The molecule has 1 atom stereocenters. The lowest BCUT2D eigenvalue weighted by Crippen LogP contribution is -2.39. The van der Waals surface area contributed by atoms with Crippen molar-refractivity contribution < 1.29 is 18.3 Å². The SMILES string of the molecule is CC(C)N(C)S(=O)(=O)C1=C(O)C(NC(=O)Nc2cccc(Cl)c2Cl)CS1. The maximum atomic E-state index is 12.5. The zero-order valence-electron chi connectivity index (χ0n) is 14.3. The number of benzene rings is 1. The molecule has 1 aliphatic rings. The summed E-state index contributed by atoms with van der Waals surface area (Å²) in [5, 5.41) is 15.8. The molecule has 0 spiro atoms. The molecular formula is C15H19Cl2N3O4S2. The van der Waals surface area contributed by atoms with Crippen LogP contribution in [-0.4, -0.2) is 48.7 Å². The second kappa shape index (κ2) is 8.26. The van der Waals surface area contributed by atoms with Crippen molar-refractivity contribution in [2.75, 3.05) is 18.1 Å². The second-order valence-electron chi connectivity index (χ2n) is 5.85. The standard InChI is InChI=1S/C15H19Cl2N3O4S2/c1-8(2)20(3)26(23,24)14-13(21)11(7-25-14)19-15(22)18-10-6-4-5-9(16)12(10)17/h4-6,8,11,21H,7H2,1-3H3,(H2,18,19,22). The molecule has 144 valence electrons. The fraction of sp³-hybridized carbons (Fsp3) is 0.400. The third-order valence-corrected chi connectivity index (χ3v) is 8.40. The van der Waals surface area contributed by atoms with E-state index in [2.05, 4.69) is 10.6 Å². The molecule has 26 heavy (non-hydrogen) atoms. The summed E-state index contributed by atoms with van der Waals surface area (Å²) >= 11 is 12.9. The summed E-state index contributed by atoms with van der Waals surface area (Å²) in [5.41, 5.74) is 0.304. The molecule has 0 saturated heterocycles. The number of nitrogens with zero attached hydrogens (tertiary/aromatic N) is 1. The highest BCUT2D eigenvalue weighted by molar-refractivity contribution is 8.18. The fourth-order valence-corrected chi connectivity index (χ4v) is 5.67. The van der Waals surface area contributed by atoms with Crippen molar-refractivity contribution in [2.45, 2.75) is 25.9 Å². The minimum atomic E-state index is -3.81. The van der Waals surface area contributed by atoms with Crippen LogP contribution >= 0.6 is 35.0 Å². The minimum absolute atomic E-state index is 0.153. The number of nitrogens with one attached hydrogen (secondary N) is 2. The van der Waals surface area contributed by atoms with Crippen LogP contribution < -0.4 is 10.6 Å². The fourth-order valence-electron chi connectivity index (χ4n) is 2.10. The van der Waals surface area contributed by atoms with E-state index in [1.54, 1.807) is 32.0 Å². The van der Waals surface area contributed by atoms with Gasteiger partial charge in [0.15, 0.2) is 4.24 Å². The number of rotatable bonds is 5. The van der Waals surface area contributed by atoms with E-state index in [1.807, 2.05) is 0 Å². The van der Waals surface area contributed by atoms with E-state index in [9.17, 15) is 18.3 Å². The largest absolute Gasteiger partial charge is 0.508 e. The number of aliphatic hydroxyl groups is 1. The zero-order valence-corrected chi connectivity index (χ0v) is 17.4. The van der Waals surface area contributed by atoms with E-state index >= 15 is 0 Å². The Morgan fingerprint density at radius 1 is 1.38 bits per heavy atom. The van der Waals surface area contributed by atoms with Gasteiger partial charge in [-0.2, -0.15) is 4.31 Å². The number of hydrogen-bond acceptors (Lipinski definition) is 5. The molecule has 0 aliphatic carbocycles. The van der Waals surface area contributed by atoms with Crippen LogP contribution in [0.3, 0.4) is 0 Å². The summed E-state index contributed by atoms with van der Waals surface area (Å²) in [6.07, 6.45) is 0. The molecule has 1 aromatic carbocycles. The van der Waals surface area contributed by atoms with Gasteiger partial charge in [0.1, 0.15) is 5.76 Å². The van der Waals surface area contributed by atoms with Gasteiger partial charge in [-0.1, -0.05) is 29.3 Å². The average molecular weight is 440 g/mol. The van der Waals surface area contributed by atoms with E-state index < -0.39 is 22.1 Å². The first-order valence-electron chi connectivity index (χ1n) is 7.61. The van der Waals surface area contributed by atoms with Crippen LogP contribution in [0, 0.1) is 0 Å². The smallest absolute Gasteiger partial charge is 0.319 e. The number of amides is 2. The van der Waals surface area contributed by atoms with Crippen LogP contribution in [0.4, 0.5) is 10.5 Å². The first-order valence-corrected chi connectivity index (χ1v) is 10.8. The van der Waals surface area contributed by atoms with Crippen LogP contribution in [0.1, 0.15) is 13.8 Å². The number of halogens is 2. The first kappa shape index (κ1) is 21.2. The van der Waals surface area contributed by atoms with E-state index in [0.717, 1.165) is 11.8 Å². The maximum absolute atomic E-state index is 12.5. The molecule has 0 bridgehead atoms. The van der Waals surface area contributed by atoms with Gasteiger partial charge in [-0.25, -0.2) is 13.2 Å². The normalized spacial score (nSPS) is 17.9. The predicted molar refractivity (Wildman–Crippen MR) is 106 cm³/mol. The second-order valence-corrected chi connectivity index (χ2v) is 9.86. The van der Waals surface area contributed by atoms with Gasteiger partial charge in [0.05, 0.1) is 21.8 Å². The van der Waals surface area contributed by atoms with E-state index in [-0.39, 0.29) is 31.8 Å². The summed E-state index contributed by atoms with van der Waals surface area (Å²) < 4.78 is 26.0. The monoisotopic (exact) mass is 439 g/mol. The molecule has 2 rings (SSSR count). The molecule has 1 heterocycles. The third kappa shape index (κ3) is 4.40. The predicted octanol–water partition coefficient (Wildman–Crippen LogP) is 3.63. The number of thioether (sulfide) groups is 1. The quantitative estimate of drug-likeness (QED) is 0.650. The molecule has 2 amide bonds. The number of aliphatic hydroxyl groups excluding tert-OH is 1. The molecule has 11 heteroatoms. The van der Waals surface area contributed by atoms with Crippen molar-refractivity contribution in [3.8, 4) is 0 Å². The Morgan fingerprint density at radius 2 is 2.04 bits per heavy atom. The molecule has 7 nitrogen and oxygen atoms in total. The number of anilines is 1. The summed E-state index contributed by atoms with van der Waals surface area (Å²) in [5.74, 6) is -0.182. The van der Waals surface area contributed by atoms with Crippen LogP contribution in [0.15, 0.2) is 28.2 Å². The molecule has 0 saturated carbocycles. The van der Waals surface area contributed by atoms with Gasteiger partial charge >= 0.3 is 6.03 Å². The number of carbonyl (C=O) groups is 1. The minimum Gasteiger partial charge on any atom is -0.508 e. The van der Waals surface area contributed by atoms with Gasteiger partial charge in [-0.05, 0) is 26.0 Å². The van der Waals surface area contributed by atoms with Crippen LogP contribution in [0.25, 0.3) is 0 Å². The topological polar surface area (TPSA) is 98.7 Å². The van der Waals surface area contributed by atoms with Gasteiger partial charge < -0.3 is 15.7 Å². The summed E-state index contributed by atoms with van der Waals surface area (Å²) in [6, 6.07) is 3.04. The molecule has 1 aliphatic heterocycles. The van der Waals surface area contributed by atoms with Gasteiger partial charge in [0.2, 0.25) is 0 Å². The molecule has 0 fully saturated rings. The molecule has 0 radical (unpaired) electrons.